The zero-order valence-electron chi connectivity index (χ0n) is 11.6. The van der Waals surface area contributed by atoms with Crippen LogP contribution in [-0.2, 0) is 9.53 Å². The number of ether oxygens (including phenoxy) is 1. The summed E-state index contributed by atoms with van der Waals surface area (Å²) in [5, 5.41) is 13.5. The van der Waals surface area contributed by atoms with E-state index >= 15 is 0 Å². The first kappa shape index (κ1) is 15.5. The Labute approximate surface area is 127 Å². The molecule has 0 radical (unpaired) electrons. The Balaban J connectivity index is 2.01. The Morgan fingerprint density at radius 3 is 2.80 bits per heavy atom. The molecule has 0 heterocycles. The molecule has 1 aromatic rings. The molecule has 0 spiro atoms. The Hall–Kier alpha value is -0.910. The van der Waals surface area contributed by atoms with Crippen LogP contribution in [0.1, 0.15) is 37.4 Å². The van der Waals surface area contributed by atoms with Crippen molar-refractivity contribution < 1.29 is 14.6 Å². The number of nitrogens with one attached hydrogen (secondary N) is 1. The summed E-state index contributed by atoms with van der Waals surface area (Å²) in [6.07, 6.45) is 2.91. The third-order valence-electron chi connectivity index (χ3n) is 3.90. The van der Waals surface area contributed by atoms with Crippen molar-refractivity contribution >= 4 is 21.9 Å². The third-order valence-corrected chi connectivity index (χ3v) is 4.39. The number of benzene rings is 1. The number of carbonyl (C=O) groups excluding carboxylic acids is 1. The highest BCUT2D eigenvalue weighted by molar-refractivity contribution is 9.10. The second-order valence-electron chi connectivity index (χ2n) is 5.23. The molecule has 1 saturated carbocycles. The monoisotopic (exact) mass is 341 g/mol. The minimum absolute atomic E-state index is 0.226. The molecule has 1 aliphatic rings. The number of methoxy groups -OCH3 is 1. The van der Waals surface area contributed by atoms with Crippen molar-refractivity contribution in [2.45, 2.75) is 37.3 Å². The lowest BCUT2D eigenvalue weighted by Crippen LogP contribution is -2.51. The number of hydrogen-bond acceptors (Lipinski definition) is 4. The van der Waals surface area contributed by atoms with Crippen LogP contribution in [0.15, 0.2) is 28.7 Å². The van der Waals surface area contributed by atoms with E-state index in [2.05, 4.69) is 21.2 Å². The minimum Gasteiger partial charge on any atom is -0.468 e. The number of esters is 1. The van der Waals surface area contributed by atoms with Gasteiger partial charge >= 0.3 is 5.97 Å². The van der Waals surface area contributed by atoms with Crippen molar-refractivity contribution in [3.8, 4) is 0 Å². The Morgan fingerprint density at radius 2 is 2.20 bits per heavy atom. The van der Waals surface area contributed by atoms with E-state index in [1.54, 1.807) is 0 Å². The van der Waals surface area contributed by atoms with Crippen molar-refractivity contribution in [2.75, 3.05) is 13.7 Å². The van der Waals surface area contributed by atoms with E-state index in [4.69, 9.17) is 4.74 Å². The van der Waals surface area contributed by atoms with E-state index in [-0.39, 0.29) is 5.97 Å². The second kappa shape index (κ2) is 6.70. The van der Waals surface area contributed by atoms with Crippen LogP contribution in [0.25, 0.3) is 0 Å². The van der Waals surface area contributed by atoms with Gasteiger partial charge in [0.25, 0.3) is 0 Å². The van der Waals surface area contributed by atoms with Gasteiger partial charge in [-0.05, 0) is 30.5 Å². The lowest BCUT2D eigenvalue weighted by molar-refractivity contribution is -0.148. The van der Waals surface area contributed by atoms with Crippen molar-refractivity contribution in [3.05, 3.63) is 34.3 Å². The molecule has 2 rings (SSSR count). The standard InChI is InChI=1S/C15H20BrNO3/c1-20-14(19)15(7-2-3-8-15)17-10-13(18)11-5-4-6-12(16)9-11/h4-6,9,13,17-18H,2-3,7-8,10H2,1H3. The highest BCUT2D eigenvalue weighted by Gasteiger charge is 2.42. The number of aliphatic hydroxyl groups excluding tert-OH is 1. The van der Waals surface area contributed by atoms with Crippen LogP contribution >= 0.6 is 15.9 Å². The molecule has 4 nitrogen and oxygen atoms in total. The molecule has 0 aliphatic heterocycles. The van der Waals surface area contributed by atoms with E-state index in [0.717, 1.165) is 35.7 Å². The SMILES string of the molecule is COC(=O)C1(NCC(O)c2cccc(Br)c2)CCCC1. The van der Waals surface area contributed by atoms with Gasteiger partial charge in [0, 0.05) is 11.0 Å². The molecule has 0 aromatic heterocycles. The van der Waals surface area contributed by atoms with Crippen LogP contribution in [0.5, 0.6) is 0 Å². The molecule has 0 amide bonds. The smallest absolute Gasteiger partial charge is 0.326 e. The first-order chi connectivity index (χ1) is 9.57. The summed E-state index contributed by atoms with van der Waals surface area (Å²) in [6, 6.07) is 7.55. The average Bonchev–Trinajstić information content (AvgIpc) is 2.94. The summed E-state index contributed by atoms with van der Waals surface area (Å²) in [7, 11) is 1.41. The second-order valence-corrected chi connectivity index (χ2v) is 6.15. The zero-order chi connectivity index (χ0) is 14.6. The van der Waals surface area contributed by atoms with Crippen LogP contribution in [0, 0.1) is 0 Å². The molecular formula is C15H20BrNO3. The van der Waals surface area contributed by atoms with Crippen molar-refractivity contribution in [3.63, 3.8) is 0 Å². The fourth-order valence-electron chi connectivity index (χ4n) is 2.75. The number of hydrogen-bond donors (Lipinski definition) is 2. The maximum absolute atomic E-state index is 12.0. The number of halogens is 1. The first-order valence-corrected chi connectivity index (χ1v) is 7.64. The molecule has 0 bridgehead atoms. The lowest BCUT2D eigenvalue weighted by atomic mass is 9.97. The fourth-order valence-corrected chi connectivity index (χ4v) is 3.17. The molecule has 1 fully saturated rings. The van der Waals surface area contributed by atoms with Gasteiger partial charge in [0.1, 0.15) is 5.54 Å². The number of aliphatic hydroxyl groups is 1. The van der Waals surface area contributed by atoms with Crippen LogP contribution in [0.2, 0.25) is 0 Å². The molecule has 110 valence electrons. The lowest BCUT2D eigenvalue weighted by Gasteiger charge is -2.28. The molecular weight excluding hydrogens is 322 g/mol. The molecule has 0 saturated heterocycles. The number of rotatable bonds is 5. The maximum Gasteiger partial charge on any atom is 0.326 e. The van der Waals surface area contributed by atoms with E-state index in [9.17, 15) is 9.90 Å². The summed E-state index contributed by atoms with van der Waals surface area (Å²) < 4.78 is 5.83. The van der Waals surface area contributed by atoms with Crippen molar-refractivity contribution in [1.29, 1.82) is 0 Å². The quantitative estimate of drug-likeness (QED) is 0.808. The third kappa shape index (κ3) is 3.40. The van der Waals surface area contributed by atoms with Gasteiger partial charge in [-0.15, -0.1) is 0 Å². The van der Waals surface area contributed by atoms with Crippen molar-refractivity contribution in [2.24, 2.45) is 0 Å². The van der Waals surface area contributed by atoms with Gasteiger partial charge in [-0.2, -0.15) is 0 Å². The van der Waals surface area contributed by atoms with E-state index in [0.29, 0.717) is 6.54 Å². The van der Waals surface area contributed by atoms with Crippen LogP contribution in [-0.4, -0.2) is 30.3 Å². The molecule has 1 unspecified atom stereocenters. The van der Waals surface area contributed by atoms with E-state index < -0.39 is 11.6 Å². The molecule has 2 N–H and O–H groups in total. The molecule has 5 heteroatoms. The molecule has 20 heavy (non-hydrogen) atoms. The zero-order valence-corrected chi connectivity index (χ0v) is 13.1. The van der Waals surface area contributed by atoms with Gasteiger partial charge in [0.15, 0.2) is 0 Å². The summed E-state index contributed by atoms with van der Waals surface area (Å²) in [4.78, 5) is 12.0. The maximum atomic E-state index is 12.0. The van der Waals surface area contributed by atoms with Gasteiger partial charge in [-0.25, -0.2) is 0 Å². The predicted octanol–water partition coefficient (Wildman–Crippen LogP) is 2.56. The van der Waals surface area contributed by atoms with Gasteiger partial charge in [-0.3, -0.25) is 10.1 Å². The van der Waals surface area contributed by atoms with Crippen LogP contribution in [0.3, 0.4) is 0 Å². The predicted molar refractivity (Wildman–Crippen MR) is 80.3 cm³/mol. The summed E-state index contributed by atoms with van der Waals surface area (Å²) in [5.41, 5.74) is 0.201. The normalized spacial score (nSPS) is 18.8. The fraction of sp³-hybridized carbons (Fsp3) is 0.533. The Bertz CT molecular complexity index is 472. The van der Waals surface area contributed by atoms with Gasteiger partial charge in [0.2, 0.25) is 0 Å². The highest BCUT2D eigenvalue weighted by Crippen LogP contribution is 2.31. The van der Waals surface area contributed by atoms with Gasteiger partial charge < -0.3 is 9.84 Å². The summed E-state index contributed by atoms with van der Waals surface area (Å²) in [6.45, 7) is 0.339. The van der Waals surface area contributed by atoms with Gasteiger partial charge in [-0.1, -0.05) is 40.9 Å². The number of carbonyl (C=O) groups is 1. The topological polar surface area (TPSA) is 58.6 Å². The van der Waals surface area contributed by atoms with Crippen molar-refractivity contribution in [1.82, 2.24) is 5.32 Å². The van der Waals surface area contributed by atoms with E-state index in [1.807, 2.05) is 24.3 Å². The Morgan fingerprint density at radius 1 is 1.50 bits per heavy atom. The van der Waals surface area contributed by atoms with Crippen LogP contribution < -0.4 is 5.32 Å². The summed E-state index contributed by atoms with van der Waals surface area (Å²) in [5.74, 6) is -0.226. The van der Waals surface area contributed by atoms with E-state index in [1.165, 1.54) is 7.11 Å². The largest absolute Gasteiger partial charge is 0.468 e. The molecule has 1 aromatic carbocycles. The average molecular weight is 342 g/mol. The van der Waals surface area contributed by atoms with Gasteiger partial charge in [0.05, 0.1) is 13.2 Å². The Kier molecular flexibility index (Phi) is 5.18. The number of β-amino-alcohol motifs (C(OH)–C–C–N with tert-alkyl or cyclic N) is 1. The molecule has 1 aliphatic carbocycles. The summed E-state index contributed by atoms with van der Waals surface area (Å²) >= 11 is 3.39. The van der Waals surface area contributed by atoms with Crippen LogP contribution in [0.4, 0.5) is 0 Å². The highest BCUT2D eigenvalue weighted by atomic mass is 79.9. The minimum atomic E-state index is -0.644. The molecule has 1 atom stereocenters. The first-order valence-electron chi connectivity index (χ1n) is 6.84.